The molecule has 0 radical (unpaired) electrons. The van der Waals surface area contributed by atoms with E-state index in [1.807, 2.05) is 12.1 Å². The van der Waals surface area contributed by atoms with Crippen molar-refractivity contribution in [3.8, 4) is 0 Å². The molecular formula is C12H15NO2. The Hall–Kier alpha value is -1.35. The standard InChI is InChI=1S/C12H15NO2/c14-12(15)10-6-2-1-5-9(10)11-7-3-4-8-13-11/h1-2,5-6,11,13H,3-4,7-8H2,(H,14,15)/t11-/m0/s1. The fourth-order valence-corrected chi connectivity index (χ4v) is 2.11. The molecule has 1 aliphatic rings. The molecule has 1 saturated heterocycles. The van der Waals surface area contributed by atoms with Crippen LogP contribution in [0.15, 0.2) is 24.3 Å². The van der Waals surface area contributed by atoms with E-state index in [4.69, 9.17) is 5.11 Å². The van der Waals surface area contributed by atoms with Gasteiger partial charge < -0.3 is 10.4 Å². The van der Waals surface area contributed by atoms with Gasteiger partial charge in [-0.25, -0.2) is 4.79 Å². The monoisotopic (exact) mass is 205 g/mol. The summed E-state index contributed by atoms with van der Waals surface area (Å²) in [5, 5.41) is 12.4. The first-order valence-electron chi connectivity index (χ1n) is 5.34. The Morgan fingerprint density at radius 3 is 2.80 bits per heavy atom. The normalized spacial score (nSPS) is 21.2. The highest BCUT2D eigenvalue weighted by atomic mass is 16.4. The van der Waals surface area contributed by atoms with E-state index in [0.717, 1.165) is 18.5 Å². The molecule has 3 nitrogen and oxygen atoms in total. The van der Waals surface area contributed by atoms with Crippen LogP contribution in [0.5, 0.6) is 0 Å². The van der Waals surface area contributed by atoms with Gasteiger partial charge in [-0.2, -0.15) is 0 Å². The summed E-state index contributed by atoms with van der Waals surface area (Å²) in [5.41, 5.74) is 1.35. The highest BCUT2D eigenvalue weighted by Gasteiger charge is 2.19. The summed E-state index contributed by atoms with van der Waals surface area (Å²) in [7, 11) is 0. The maximum absolute atomic E-state index is 11.0. The summed E-state index contributed by atoms with van der Waals surface area (Å²) in [6, 6.07) is 7.47. The molecule has 2 rings (SSSR count). The molecule has 1 fully saturated rings. The van der Waals surface area contributed by atoms with Gasteiger partial charge in [0.15, 0.2) is 0 Å². The van der Waals surface area contributed by atoms with Gasteiger partial charge in [-0.05, 0) is 31.0 Å². The first kappa shape index (κ1) is 10.2. The van der Waals surface area contributed by atoms with Crippen molar-refractivity contribution in [3.63, 3.8) is 0 Å². The maximum Gasteiger partial charge on any atom is 0.336 e. The van der Waals surface area contributed by atoms with Crippen molar-refractivity contribution in [2.45, 2.75) is 25.3 Å². The number of carboxylic acid groups (broad SMARTS) is 1. The molecule has 15 heavy (non-hydrogen) atoms. The van der Waals surface area contributed by atoms with Gasteiger partial charge in [0.1, 0.15) is 0 Å². The number of nitrogens with one attached hydrogen (secondary N) is 1. The lowest BCUT2D eigenvalue weighted by Gasteiger charge is -2.24. The molecular weight excluding hydrogens is 190 g/mol. The quantitative estimate of drug-likeness (QED) is 0.778. The minimum atomic E-state index is -0.835. The zero-order valence-electron chi connectivity index (χ0n) is 8.57. The van der Waals surface area contributed by atoms with Crippen molar-refractivity contribution in [2.75, 3.05) is 6.54 Å². The third kappa shape index (κ3) is 2.18. The van der Waals surface area contributed by atoms with E-state index in [9.17, 15) is 4.79 Å². The van der Waals surface area contributed by atoms with Crippen LogP contribution in [0.2, 0.25) is 0 Å². The van der Waals surface area contributed by atoms with Gasteiger partial charge >= 0.3 is 5.97 Å². The Morgan fingerprint density at radius 2 is 2.13 bits per heavy atom. The number of aromatic carboxylic acids is 1. The molecule has 0 aromatic heterocycles. The zero-order chi connectivity index (χ0) is 10.7. The van der Waals surface area contributed by atoms with E-state index in [0.29, 0.717) is 5.56 Å². The van der Waals surface area contributed by atoms with Gasteiger partial charge in [-0.1, -0.05) is 24.6 Å². The number of hydrogen-bond donors (Lipinski definition) is 2. The van der Waals surface area contributed by atoms with Gasteiger partial charge in [0.05, 0.1) is 5.56 Å². The molecule has 3 heteroatoms. The molecule has 1 aromatic rings. The van der Waals surface area contributed by atoms with Gasteiger partial charge in [0.2, 0.25) is 0 Å². The molecule has 1 aliphatic heterocycles. The van der Waals surface area contributed by atoms with Crippen LogP contribution in [0.4, 0.5) is 0 Å². The van der Waals surface area contributed by atoms with Crippen LogP contribution in [-0.2, 0) is 0 Å². The molecule has 2 N–H and O–H groups in total. The van der Waals surface area contributed by atoms with Crippen molar-refractivity contribution in [3.05, 3.63) is 35.4 Å². The second kappa shape index (κ2) is 4.45. The largest absolute Gasteiger partial charge is 0.478 e. The van der Waals surface area contributed by atoms with E-state index in [1.165, 1.54) is 12.8 Å². The topological polar surface area (TPSA) is 49.3 Å². The third-order valence-electron chi connectivity index (χ3n) is 2.88. The van der Waals surface area contributed by atoms with Crippen molar-refractivity contribution >= 4 is 5.97 Å². The Bertz CT molecular complexity index is 356. The average molecular weight is 205 g/mol. The number of piperidine rings is 1. The highest BCUT2D eigenvalue weighted by molar-refractivity contribution is 5.89. The zero-order valence-corrected chi connectivity index (χ0v) is 8.57. The molecule has 1 heterocycles. The summed E-state index contributed by atoms with van der Waals surface area (Å²) in [4.78, 5) is 11.0. The lowest BCUT2D eigenvalue weighted by molar-refractivity contribution is 0.0694. The van der Waals surface area contributed by atoms with Crippen LogP contribution < -0.4 is 5.32 Å². The molecule has 80 valence electrons. The minimum absolute atomic E-state index is 0.214. The number of carbonyl (C=O) groups is 1. The smallest absolute Gasteiger partial charge is 0.336 e. The van der Waals surface area contributed by atoms with Gasteiger partial charge in [0, 0.05) is 6.04 Å². The molecule has 1 aromatic carbocycles. The fourth-order valence-electron chi connectivity index (χ4n) is 2.11. The van der Waals surface area contributed by atoms with E-state index in [2.05, 4.69) is 5.32 Å². The average Bonchev–Trinajstić information content (AvgIpc) is 2.30. The van der Waals surface area contributed by atoms with Crippen LogP contribution in [0.25, 0.3) is 0 Å². The first-order chi connectivity index (χ1) is 7.29. The number of carboxylic acids is 1. The van der Waals surface area contributed by atoms with Crippen LogP contribution in [0.1, 0.15) is 41.2 Å². The second-order valence-electron chi connectivity index (χ2n) is 3.89. The Labute approximate surface area is 89.1 Å². The predicted octanol–water partition coefficient (Wildman–Crippen LogP) is 2.20. The second-order valence-corrected chi connectivity index (χ2v) is 3.89. The lowest BCUT2D eigenvalue weighted by atomic mass is 9.94. The third-order valence-corrected chi connectivity index (χ3v) is 2.88. The Morgan fingerprint density at radius 1 is 1.33 bits per heavy atom. The lowest BCUT2D eigenvalue weighted by Crippen LogP contribution is -2.28. The van der Waals surface area contributed by atoms with Gasteiger partial charge in [-0.3, -0.25) is 0 Å². The summed E-state index contributed by atoms with van der Waals surface area (Å²) in [6.45, 7) is 0.985. The van der Waals surface area contributed by atoms with Crippen LogP contribution in [-0.4, -0.2) is 17.6 Å². The molecule has 0 aliphatic carbocycles. The Kier molecular flexibility index (Phi) is 3.02. The van der Waals surface area contributed by atoms with E-state index >= 15 is 0 Å². The number of benzene rings is 1. The van der Waals surface area contributed by atoms with Crippen LogP contribution >= 0.6 is 0 Å². The maximum atomic E-state index is 11.0. The van der Waals surface area contributed by atoms with E-state index < -0.39 is 5.97 Å². The fraction of sp³-hybridized carbons (Fsp3) is 0.417. The molecule has 0 amide bonds. The number of hydrogen-bond acceptors (Lipinski definition) is 2. The summed E-state index contributed by atoms with van der Waals surface area (Å²) in [6.07, 6.45) is 3.39. The summed E-state index contributed by atoms with van der Waals surface area (Å²) in [5.74, 6) is -0.835. The van der Waals surface area contributed by atoms with Crippen molar-refractivity contribution < 1.29 is 9.90 Å². The Balaban J connectivity index is 2.29. The molecule has 0 saturated carbocycles. The van der Waals surface area contributed by atoms with Crippen molar-refractivity contribution in [2.24, 2.45) is 0 Å². The van der Waals surface area contributed by atoms with E-state index in [-0.39, 0.29) is 6.04 Å². The predicted molar refractivity (Wildman–Crippen MR) is 58.0 cm³/mol. The highest BCUT2D eigenvalue weighted by Crippen LogP contribution is 2.25. The molecule has 0 spiro atoms. The van der Waals surface area contributed by atoms with Crippen molar-refractivity contribution in [1.82, 2.24) is 5.32 Å². The first-order valence-corrected chi connectivity index (χ1v) is 5.34. The minimum Gasteiger partial charge on any atom is -0.478 e. The van der Waals surface area contributed by atoms with Gasteiger partial charge in [-0.15, -0.1) is 0 Å². The van der Waals surface area contributed by atoms with Gasteiger partial charge in [0.25, 0.3) is 0 Å². The molecule has 0 unspecified atom stereocenters. The molecule has 1 atom stereocenters. The number of rotatable bonds is 2. The van der Waals surface area contributed by atoms with Crippen molar-refractivity contribution in [1.29, 1.82) is 0 Å². The molecule has 0 bridgehead atoms. The summed E-state index contributed by atoms with van der Waals surface area (Å²) >= 11 is 0. The van der Waals surface area contributed by atoms with Crippen LogP contribution in [0, 0.1) is 0 Å². The summed E-state index contributed by atoms with van der Waals surface area (Å²) < 4.78 is 0. The van der Waals surface area contributed by atoms with Crippen LogP contribution in [0.3, 0.4) is 0 Å². The SMILES string of the molecule is O=C(O)c1ccccc1[C@@H]1CCCCN1. The van der Waals surface area contributed by atoms with E-state index in [1.54, 1.807) is 12.1 Å².